The lowest BCUT2D eigenvalue weighted by atomic mass is 9.82. The van der Waals surface area contributed by atoms with E-state index < -0.39 is 17.8 Å². The van der Waals surface area contributed by atoms with E-state index in [9.17, 15) is 14.7 Å². The number of aromatic nitrogens is 2. The number of carboxylic acids is 1. The van der Waals surface area contributed by atoms with Gasteiger partial charge in [-0.2, -0.15) is 4.37 Å². The van der Waals surface area contributed by atoms with Crippen LogP contribution in [0.25, 0.3) is 0 Å². The van der Waals surface area contributed by atoms with Crippen LogP contribution in [0.3, 0.4) is 0 Å². The fourth-order valence-electron chi connectivity index (χ4n) is 3.05. The van der Waals surface area contributed by atoms with Crippen LogP contribution in [0.4, 0.5) is 5.13 Å². The molecule has 6 nitrogen and oxygen atoms in total. The lowest BCUT2D eigenvalue weighted by Crippen LogP contribution is -2.36. The number of hydrogen-bond acceptors (Lipinski definition) is 5. The Morgan fingerprint density at radius 2 is 2.05 bits per heavy atom. The summed E-state index contributed by atoms with van der Waals surface area (Å²) in [4.78, 5) is 27.6. The summed E-state index contributed by atoms with van der Waals surface area (Å²) in [5.41, 5.74) is 0. The molecule has 7 heteroatoms. The second-order valence-corrected chi connectivity index (χ2v) is 5.73. The van der Waals surface area contributed by atoms with Crippen LogP contribution in [0.2, 0.25) is 0 Å². The monoisotopic (exact) mass is 279 g/mol. The normalized spacial score (nSPS) is 31.6. The molecule has 3 rings (SSSR count). The second-order valence-electron chi connectivity index (χ2n) is 4.97. The number of aryl methyl sites for hydroxylation is 1. The number of carbonyl (C=O) groups is 2. The topological polar surface area (TPSA) is 92.2 Å². The van der Waals surface area contributed by atoms with Crippen LogP contribution in [0, 0.1) is 30.6 Å². The predicted molar refractivity (Wildman–Crippen MR) is 68.6 cm³/mol. The molecule has 0 aromatic carbocycles. The van der Waals surface area contributed by atoms with E-state index in [1.165, 1.54) is 0 Å². The maximum absolute atomic E-state index is 12.3. The highest BCUT2D eigenvalue weighted by atomic mass is 32.1. The fraction of sp³-hybridized carbons (Fsp3) is 0.500. The molecule has 0 aliphatic heterocycles. The largest absolute Gasteiger partial charge is 0.481 e. The number of fused-ring (bicyclic) bond motifs is 2. The Balaban J connectivity index is 1.79. The van der Waals surface area contributed by atoms with Crippen molar-refractivity contribution in [3.05, 3.63) is 18.0 Å². The molecule has 100 valence electrons. The van der Waals surface area contributed by atoms with E-state index in [1.54, 1.807) is 6.92 Å². The Kier molecular flexibility index (Phi) is 2.85. The molecule has 4 atom stereocenters. The molecule has 2 N–H and O–H groups in total. The van der Waals surface area contributed by atoms with Crippen molar-refractivity contribution in [2.24, 2.45) is 23.7 Å². The first-order chi connectivity index (χ1) is 9.06. The van der Waals surface area contributed by atoms with Crippen molar-refractivity contribution in [3.63, 3.8) is 0 Å². The quantitative estimate of drug-likeness (QED) is 0.814. The first-order valence-electron chi connectivity index (χ1n) is 6.08. The minimum atomic E-state index is -0.898. The van der Waals surface area contributed by atoms with Gasteiger partial charge < -0.3 is 10.4 Å². The number of anilines is 1. The number of hydrogen-bond donors (Lipinski definition) is 2. The van der Waals surface area contributed by atoms with E-state index in [-0.39, 0.29) is 17.7 Å². The summed E-state index contributed by atoms with van der Waals surface area (Å²) in [6.45, 7) is 1.74. The average molecular weight is 279 g/mol. The zero-order valence-corrected chi connectivity index (χ0v) is 11.1. The third kappa shape index (κ3) is 2.03. The van der Waals surface area contributed by atoms with Crippen molar-refractivity contribution in [2.75, 3.05) is 5.32 Å². The molecular weight excluding hydrogens is 266 g/mol. The number of carbonyl (C=O) groups excluding carboxylic acids is 1. The molecule has 1 fully saturated rings. The molecule has 1 heterocycles. The third-order valence-corrected chi connectivity index (χ3v) is 4.53. The highest BCUT2D eigenvalue weighted by Crippen LogP contribution is 2.48. The van der Waals surface area contributed by atoms with Gasteiger partial charge in [0, 0.05) is 11.5 Å². The first kappa shape index (κ1) is 12.3. The van der Waals surface area contributed by atoms with Crippen molar-refractivity contribution in [1.82, 2.24) is 9.36 Å². The van der Waals surface area contributed by atoms with Gasteiger partial charge in [-0.1, -0.05) is 12.2 Å². The van der Waals surface area contributed by atoms with Crippen LogP contribution in [0.1, 0.15) is 12.2 Å². The average Bonchev–Trinajstić information content (AvgIpc) is 3.03. The molecule has 1 saturated carbocycles. The van der Waals surface area contributed by atoms with Gasteiger partial charge in [-0.3, -0.25) is 9.59 Å². The molecule has 4 unspecified atom stereocenters. The summed E-state index contributed by atoms with van der Waals surface area (Å²) < 4.78 is 3.98. The Morgan fingerprint density at radius 1 is 1.37 bits per heavy atom. The Labute approximate surface area is 113 Å². The zero-order valence-electron chi connectivity index (χ0n) is 10.2. The van der Waals surface area contributed by atoms with E-state index in [0.717, 1.165) is 18.0 Å². The molecule has 0 radical (unpaired) electrons. The zero-order chi connectivity index (χ0) is 13.6. The van der Waals surface area contributed by atoms with E-state index in [4.69, 9.17) is 0 Å². The van der Waals surface area contributed by atoms with Crippen LogP contribution in [0.15, 0.2) is 12.2 Å². The molecule has 2 aliphatic carbocycles. The number of rotatable bonds is 3. The van der Waals surface area contributed by atoms with Gasteiger partial charge in [-0.15, -0.1) is 0 Å². The molecule has 2 bridgehead atoms. The van der Waals surface area contributed by atoms with E-state index >= 15 is 0 Å². The fourth-order valence-corrected chi connectivity index (χ4v) is 3.63. The minimum absolute atomic E-state index is 0.0191. The molecule has 0 saturated heterocycles. The maximum atomic E-state index is 12.3. The van der Waals surface area contributed by atoms with Gasteiger partial charge in [0.05, 0.1) is 11.8 Å². The Hall–Kier alpha value is -1.76. The molecule has 0 spiro atoms. The molecule has 2 aliphatic rings. The summed E-state index contributed by atoms with van der Waals surface area (Å²) in [6, 6.07) is 0. The highest BCUT2D eigenvalue weighted by Gasteiger charge is 2.51. The number of amides is 1. The maximum Gasteiger partial charge on any atom is 0.307 e. The molecule has 1 aromatic heterocycles. The van der Waals surface area contributed by atoms with Crippen molar-refractivity contribution in [1.29, 1.82) is 0 Å². The number of nitrogens with zero attached hydrogens (tertiary/aromatic N) is 2. The number of aliphatic carboxylic acids is 1. The van der Waals surface area contributed by atoms with Crippen LogP contribution in [0.5, 0.6) is 0 Å². The van der Waals surface area contributed by atoms with Gasteiger partial charge in [0.25, 0.3) is 0 Å². The second kappa shape index (κ2) is 4.41. The van der Waals surface area contributed by atoms with Crippen molar-refractivity contribution >= 4 is 28.5 Å². The molecule has 1 amide bonds. The predicted octanol–water partition coefficient (Wildman–Crippen LogP) is 1.31. The molecular formula is C12H13N3O3S. The summed E-state index contributed by atoms with van der Waals surface area (Å²) in [5.74, 6) is -1.68. The minimum Gasteiger partial charge on any atom is -0.481 e. The first-order valence-corrected chi connectivity index (χ1v) is 6.86. The molecule has 1 aromatic rings. The summed E-state index contributed by atoms with van der Waals surface area (Å²) in [6.07, 6.45) is 4.63. The summed E-state index contributed by atoms with van der Waals surface area (Å²) in [5, 5.41) is 12.4. The Morgan fingerprint density at radius 3 is 2.63 bits per heavy atom. The van der Waals surface area contributed by atoms with E-state index in [2.05, 4.69) is 14.7 Å². The van der Waals surface area contributed by atoms with Gasteiger partial charge in [0.2, 0.25) is 11.0 Å². The third-order valence-electron chi connectivity index (χ3n) is 3.80. The highest BCUT2D eigenvalue weighted by molar-refractivity contribution is 7.09. The number of allylic oxidation sites excluding steroid dienone is 2. The lowest BCUT2D eigenvalue weighted by Gasteiger charge is -2.23. The van der Waals surface area contributed by atoms with Gasteiger partial charge in [0.15, 0.2) is 0 Å². The Bertz CT molecular complexity index is 568. The van der Waals surface area contributed by atoms with Crippen LogP contribution >= 0.6 is 11.5 Å². The van der Waals surface area contributed by atoms with Gasteiger partial charge in [0.1, 0.15) is 5.82 Å². The van der Waals surface area contributed by atoms with E-state index in [1.807, 2.05) is 12.2 Å². The van der Waals surface area contributed by atoms with Gasteiger partial charge >= 0.3 is 5.97 Å². The lowest BCUT2D eigenvalue weighted by molar-refractivity contribution is -0.146. The van der Waals surface area contributed by atoms with Gasteiger partial charge in [-0.25, -0.2) is 4.98 Å². The molecule has 19 heavy (non-hydrogen) atoms. The SMILES string of the molecule is Cc1nsc(NC(=O)C2C3C=CC(C3)C2C(=O)O)n1. The smallest absolute Gasteiger partial charge is 0.307 e. The van der Waals surface area contributed by atoms with Crippen LogP contribution < -0.4 is 5.32 Å². The van der Waals surface area contributed by atoms with Crippen molar-refractivity contribution < 1.29 is 14.7 Å². The summed E-state index contributed by atoms with van der Waals surface area (Å²) in [7, 11) is 0. The number of carboxylic acid groups (broad SMARTS) is 1. The number of nitrogens with one attached hydrogen (secondary N) is 1. The van der Waals surface area contributed by atoms with Crippen LogP contribution in [-0.2, 0) is 9.59 Å². The van der Waals surface area contributed by atoms with Gasteiger partial charge in [-0.05, 0) is 25.2 Å². The van der Waals surface area contributed by atoms with Crippen molar-refractivity contribution in [2.45, 2.75) is 13.3 Å². The standard InChI is InChI=1S/C12H13N3O3S/c1-5-13-12(19-15-5)14-10(16)8-6-2-3-7(4-6)9(8)11(17)18/h2-3,6-9H,4H2,1H3,(H,17,18)(H,13,14,15,16). The van der Waals surface area contributed by atoms with E-state index in [0.29, 0.717) is 11.0 Å². The van der Waals surface area contributed by atoms with Crippen LogP contribution in [-0.4, -0.2) is 26.3 Å². The summed E-state index contributed by atoms with van der Waals surface area (Å²) >= 11 is 1.11. The van der Waals surface area contributed by atoms with Crippen molar-refractivity contribution in [3.8, 4) is 0 Å².